The molecule has 2 amide bonds. The van der Waals surface area contributed by atoms with Gasteiger partial charge < -0.3 is 15.3 Å². The molecule has 1 aromatic rings. The van der Waals surface area contributed by atoms with Crippen molar-refractivity contribution in [3.8, 4) is 0 Å². The highest BCUT2D eigenvalue weighted by atomic mass is 16.4. The Labute approximate surface area is 99.3 Å². The van der Waals surface area contributed by atoms with E-state index in [9.17, 15) is 9.59 Å². The van der Waals surface area contributed by atoms with Crippen LogP contribution < -0.4 is 5.32 Å². The topological polar surface area (TPSA) is 82.5 Å². The van der Waals surface area contributed by atoms with Crippen LogP contribution in [-0.4, -0.2) is 40.1 Å². The first-order valence-electron chi connectivity index (χ1n) is 5.33. The average Bonchev–Trinajstić information content (AvgIpc) is 2.30. The third-order valence-corrected chi connectivity index (χ3v) is 2.28. The van der Waals surface area contributed by atoms with E-state index in [-0.39, 0.29) is 11.7 Å². The number of carboxylic acid groups (broad SMARTS) is 1. The van der Waals surface area contributed by atoms with Gasteiger partial charge in [-0.05, 0) is 26.0 Å². The van der Waals surface area contributed by atoms with Crippen LogP contribution in [0.15, 0.2) is 18.3 Å². The van der Waals surface area contributed by atoms with E-state index in [1.165, 1.54) is 12.3 Å². The lowest BCUT2D eigenvalue weighted by molar-refractivity contribution is 0.0690. The predicted molar refractivity (Wildman–Crippen MR) is 63.1 cm³/mol. The molecule has 0 aliphatic rings. The number of nitrogens with zero attached hydrogens (tertiary/aromatic N) is 2. The molecule has 1 rings (SSSR count). The second-order valence-corrected chi connectivity index (χ2v) is 3.34. The smallest absolute Gasteiger partial charge is 0.354 e. The molecule has 0 aliphatic heterocycles. The summed E-state index contributed by atoms with van der Waals surface area (Å²) in [4.78, 5) is 27.7. The molecule has 0 saturated heterocycles. The molecule has 17 heavy (non-hydrogen) atoms. The number of urea groups is 1. The highest BCUT2D eigenvalue weighted by Crippen LogP contribution is 2.09. The summed E-state index contributed by atoms with van der Waals surface area (Å²) < 4.78 is 0. The first kappa shape index (κ1) is 13.0. The van der Waals surface area contributed by atoms with E-state index in [4.69, 9.17) is 5.11 Å². The summed E-state index contributed by atoms with van der Waals surface area (Å²) in [5.41, 5.74) is 0.330. The van der Waals surface area contributed by atoms with Crippen LogP contribution in [0.3, 0.4) is 0 Å². The van der Waals surface area contributed by atoms with E-state index in [0.29, 0.717) is 18.8 Å². The standard InChI is InChI=1S/C11H15N3O3/c1-3-14(4-2)11(17)13-8-5-6-12-9(7-8)10(15)16/h5-7H,3-4H2,1-2H3,(H,15,16)(H,12,13,17). The van der Waals surface area contributed by atoms with Crippen LogP contribution in [0.1, 0.15) is 24.3 Å². The van der Waals surface area contributed by atoms with Gasteiger partial charge in [0.1, 0.15) is 5.69 Å². The molecule has 0 aliphatic carbocycles. The van der Waals surface area contributed by atoms with Crippen LogP contribution >= 0.6 is 0 Å². The molecule has 2 N–H and O–H groups in total. The van der Waals surface area contributed by atoms with Gasteiger partial charge in [-0.3, -0.25) is 0 Å². The third-order valence-electron chi connectivity index (χ3n) is 2.28. The van der Waals surface area contributed by atoms with Gasteiger partial charge in [0.05, 0.1) is 0 Å². The Hall–Kier alpha value is -2.11. The Balaban J connectivity index is 2.78. The van der Waals surface area contributed by atoms with Gasteiger partial charge in [-0.2, -0.15) is 0 Å². The molecule has 0 radical (unpaired) electrons. The number of carboxylic acids is 1. The number of carbonyl (C=O) groups excluding carboxylic acids is 1. The quantitative estimate of drug-likeness (QED) is 0.834. The number of carbonyl (C=O) groups is 2. The largest absolute Gasteiger partial charge is 0.477 e. The lowest BCUT2D eigenvalue weighted by atomic mass is 10.3. The summed E-state index contributed by atoms with van der Waals surface area (Å²) in [5.74, 6) is -1.12. The minimum absolute atomic E-state index is 0.0950. The zero-order chi connectivity index (χ0) is 12.8. The summed E-state index contributed by atoms with van der Waals surface area (Å²) in [6.07, 6.45) is 1.35. The number of pyridine rings is 1. The molecule has 0 unspecified atom stereocenters. The van der Waals surface area contributed by atoms with Gasteiger partial charge in [-0.25, -0.2) is 14.6 Å². The number of nitrogens with one attached hydrogen (secondary N) is 1. The summed E-state index contributed by atoms with van der Waals surface area (Å²) >= 11 is 0. The molecule has 0 atom stereocenters. The van der Waals surface area contributed by atoms with E-state index >= 15 is 0 Å². The monoisotopic (exact) mass is 237 g/mol. The Morgan fingerprint density at radius 1 is 1.41 bits per heavy atom. The fourth-order valence-electron chi connectivity index (χ4n) is 1.34. The van der Waals surface area contributed by atoms with Crippen molar-refractivity contribution in [3.63, 3.8) is 0 Å². The fraction of sp³-hybridized carbons (Fsp3) is 0.364. The van der Waals surface area contributed by atoms with Gasteiger partial charge in [0, 0.05) is 25.0 Å². The number of aromatic carboxylic acids is 1. The molecular formula is C11H15N3O3. The third kappa shape index (κ3) is 3.44. The van der Waals surface area contributed by atoms with Crippen molar-refractivity contribution in [1.82, 2.24) is 9.88 Å². The van der Waals surface area contributed by atoms with E-state index in [1.807, 2.05) is 13.8 Å². The normalized spacial score (nSPS) is 9.76. The summed E-state index contributed by atoms with van der Waals surface area (Å²) in [5, 5.41) is 11.4. The SMILES string of the molecule is CCN(CC)C(=O)Nc1ccnc(C(=O)O)c1. The number of amides is 2. The van der Waals surface area contributed by atoms with E-state index in [1.54, 1.807) is 11.0 Å². The average molecular weight is 237 g/mol. The van der Waals surface area contributed by atoms with Crippen molar-refractivity contribution in [3.05, 3.63) is 24.0 Å². The Bertz CT molecular complexity index is 416. The van der Waals surface area contributed by atoms with Crippen molar-refractivity contribution < 1.29 is 14.7 Å². The van der Waals surface area contributed by atoms with Crippen LogP contribution in [0.5, 0.6) is 0 Å². The molecular weight excluding hydrogens is 222 g/mol. The van der Waals surface area contributed by atoms with Gasteiger partial charge in [0.15, 0.2) is 0 Å². The zero-order valence-corrected chi connectivity index (χ0v) is 9.80. The first-order chi connectivity index (χ1) is 8.08. The summed E-state index contributed by atoms with van der Waals surface area (Å²) in [6, 6.07) is 2.62. The van der Waals surface area contributed by atoms with Crippen LogP contribution in [0.4, 0.5) is 10.5 Å². The molecule has 0 aromatic carbocycles. The number of rotatable bonds is 4. The fourth-order valence-corrected chi connectivity index (χ4v) is 1.34. The molecule has 1 heterocycles. The Morgan fingerprint density at radius 2 is 2.06 bits per heavy atom. The Kier molecular flexibility index (Phi) is 4.45. The van der Waals surface area contributed by atoms with Crippen molar-refractivity contribution in [2.24, 2.45) is 0 Å². The molecule has 92 valence electrons. The van der Waals surface area contributed by atoms with Crippen molar-refractivity contribution in [2.45, 2.75) is 13.8 Å². The van der Waals surface area contributed by atoms with E-state index < -0.39 is 5.97 Å². The molecule has 6 nitrogen and oxygen atoms in total. The predicted octanol–water partition coefficient (Wildman–Crippen LogP) is 1.65. The number of hydrogen-bond acceptors (Lipinski definition) is 3. The van der Waals surface area contributed by atoms with Gasteiger partial charge in [-0.1, -0.05) is 0 Å². The van der Waals surface area contributed by atoms with Crippen LogP contribution in [0, 0.1) is 0 Å². The second-order valence-electron chi connectivity index (χ2n) is 3.34. The maximum Gasteiger partial charge on any atom is 0.354 e. The van der Waals surface area contributed by atoms with Gasteiger partial charge in [0.2, 0.25) is 0 Å². The lowest BCUT2D eigenvalue weighted by Crippen LogP contribution is -2.34. The summed E-state index contributed by atoms with van der Waals surface area (Å²) in [6.45, 7) is 4.94. The van der Waals surface area contributed by atoms with Gasteiger partial charge >= 0.3 is 12.0 Å². The van der Waals surface area contributed by atoms with Crippen LogP contribution in [-0.2, 0) is 0 Å². The first-order valence-corrected chi connectivity index (χ1v) is 5.33. The molecule has 0 bridgehead atoms. The second kappa shape index (κ2) is 5.83. The van der Waals surface area contributed by atoms with Crippen molar-refractivity contribution in [2.75, 3.05) is 18.4 Å². The maximum absolute atomic E-state index is 11.7. The number of hydrogen-bond donors (Lipinski definition) is 2. The van der Waals surface area contributed by atoms with Gasteiger partial charge in [0.25, 0.3) is 0 Å². The van der Waals surface area contributed by atoms with E-state index in [2.05, 4.69) is 10.3 Å². The van der Waals surface area contributed by atoms with E-state index in [0.717, 1.165) is 0 Å². The van der Waals surface area contributed by atoms with Crippen LogP contribution in [0.2, 0.25) is 0 Å². The Morgan fingerprint density at radius 3 is 2.59 bits per heavy atom. The minimum atomic E-state index is -1.12. The lowest BCUT2D eigenvalue weighted by Gasteiger charge is -2.19. The minimum Gasteiger partial charge on any atom is -0.477 e. The molecule has 6 heteroatoms. The number of aromatic nitrogens is 1. The maximum atomic E-state index is 11.7. The molecule has 0 fully saturated rings. The van der Waals surface area contributed by atoms with Crippen molar-refractivity contribution in [1.29, 1.82) is 0 Å². The van der Waals surface area contributed by atoms with Gasteiger partial charge in [-0.15, -0.1) is 0 Å². The van der Waals surface area contributed by atoms with Crippen molar-refractivity contribution >= 4 is 17.7 Å². The number of anilines is 1. The molecule has 1 aromatic heterocycles. The summed E-state index contributed by atoms with van der Waals surface area (Å²) in [7, 11) is 0. The zero-order valence-electron chi connectivity index (χ0n) is 9.80. The van der Waals surface area contributed by atoms with Crippen LogP contribution in [0.25, 0.3) is 0 Å². The molecule has 0 spiro atoms. The molecule has 0 saturated carbocycles. The highest BCUT2D eigenvalue weighted by molar-refractivity contribution is 5.91. The highest BCUT2D eigenvalue weighted by Gasteiger charge is 2.11.